The van der Waals surface area contributed by atoms with Crippen LogP contribution in [0.2, 0.25) is 0 Å². The van der Waals surface area contributed by atoms with Crippen molar-refractivity contribution in [1.29, 1.82) is 0 Å². The second-order valence-corrected chi connectivity index (χ2v) is 8.57. The van der Waals surface area contributed by atoms with Crippen LogP contribution in [-0.2, 0) is 24.2 Å². The van der Waals surface area contributed by atoms with Gasteiger partial charge in [0, 0.05) is 6.04 Å². The number of esters is 1. The zero-order valence-electron chi connectivity index (χ0n) is 14.6. The largest absolute Gasteiger partial charge is 0.481 e. The lowest BCUT2D eigenvalue weighted by atomic mass is 10.1. The van der Waals surface area contributed by atoms with Crippen LogP contribution in [0.25, 0.3) is 0 Å². The summed E-state index contributed by atoms with van der Waals surface area (Å²) in [6.45, 7) is 5.01. The molecule has 0 aliphatic carbocycles. The van der Waals surface area contributed by atoms with Crippen LogP contribution in [0.5, 0.6) is 5.75 Å². The second-order valence-electron chi connectivity index (χ2n) is 6.34. The number of carbonyl (C=O) groups excluding carboxylic acids is 2. The van der Waals surface area contributed by atoms with Gasteiger partial charge in [-0.3, -0.25) is 4.79 Å². The molecule has 1 amide bonds. The van der Waals surface area contributed by atoms with Crippen LogP contribution >= 0.6 is 0 Å². The molecule has 138 valence electrons. The molecule has 0 aromatic heterocycles. The number of hydrogen-bond acceptors (Lipinski definition) is 6. The van der Waals surface area contributed by atoms with Crippen LogP contribution < -0.4 is 10.1 Å². The summed E-state index contributed by atoms with van der Waals surface area (Å²) in [6, 6.07) is 3.50. The first-order valence-electron chi connectivity index (χ1n) is 8.02. The summed E-state index contributed by atoms with van der Waals surface area (Å²) >= 11 is 0. The van der Waals surface area contributed by atoms with Gasteiger partial charge < -0.3 is 14.8 Å². The van der Waals surface area contributed by atoms with Crippen molar-refractivity contribution < 1.29 is 27.5 Å². The van der Waals surface area contributed by atoms with Crippen molar-refractivity contribution in [2.24, 2.45) is 0 Å². The standard InChI is InChI=1S/C17H23NO6S/c1-11-6-12(2)17(13(3)7-11)24-9-16(20)23-8-15(19)18-14-4-5-25(21,22)10-14/h6-7,14H,4-5,8-10H2,1-3H3,(H,18,19)/t14-/m0/s1. The van der Waals surface area contributed by atoms with E-state index in [1.165, 1.54) is 0 Å². The van der Waals surface area contributed by atoms with Gasteiger partial charge in [-0.25, -0.2) is 13.2 Å². The molecule has 0 saturated carbocycles. The molecular formula is C17H23NO6S. The molecule has 25 heavy (non-hydrogen) atoms. The first kappa shape index (κ1) is 19.2. The minimum Gasteiger partial charge on any atom is -0.481 e. The van der Waals surface area contributed by atoms with Gasteiger partial charge in [0.1, 0.15) is 5.75 Å². The number of carbonyl (C=O) groups is 2. The van der Waals surface area contributed by atoms with Crippen molar-refractivity contribution in [2.75, 3.05) is 24.7 Å². The maximum atomic E-state index is 11.7. The van der Waals surface area contributed by atoms with E-state index in [4.69, 9.17) is 9.47 Å². The van der Waals surface area contributed by atoms with E-state index in [0.29, 0.717) is 12.2 Å². The van der Waals surface area contributed by atoms with Crippen molar-refractivity contribution >= 4 is 21.7 Å². The van der Waals surface area contributed by atoms with Gasteiger partial charge in [0.2, 0.25) is 0 Å². The number of benzene rings is 1. The molecule has 1 fully saturated rings. The molecule has 1 aliphatic heterocycles. The van der Waals surface area contributed by atoms with Crippen LogP contribution in [0.15, 0.2) is 12.1 Å². The maximum absolute atomic E-state index is 11.7. The number of rotatable bonds is 6. The number of amides is 1. The summed E-state index contributed by atoms with van der Waals surface area (Å²) in [5.74, 6) is -0.544. The topological polar surface area (TPSA) is 98.8 Å². The highest BCUT2D eigenvalue weighted by Gasteiger charge is 2.29. The number of aryl methyl sites for hydroxylation is 3. The van der Waals surface area contributed by atoms with Gasteiger partial charge in [-0.2, -0.15) is 0 Å². The summed E-state index contributed by atoms with van der Waals surface area (Å²) in [6.07, 6.45) is 0.386. The normalized spacial score (nSPS) is 18.6. The predicted molar refractivity (Wildman–Crippen MR) is 92.3 cm³/mol. The van der Waals surface area contributed by atoms with E-state index in [1.807, 2.05) is 32.9 Å². The number of sulfone groups is 1. The van der Waals surface area contributed by atoms with Crippen molar-refractivity contribution in [3.63, 3.8) is 0 Å². The van der Waals surface area contributed by atoms with Gasteiger partial charge in [0.05, 0.1) is 11.5 Å². The van der Waals surface area contributed by atoms with E-state index in [2.05, 4.69) is 5.32 Å². The third-order valence-corrected chi connectivity index (χ3v) is 5.67. The molecule has 1 aromatic rings. The van der Waals surface area contributed by atoms with Crippen molar-refractivity contribution in [3.8, 4) is 5.75 Å². The Hall–Kier alpha value is -2.09. The zero-order chi connectivity index (χ0) is 18.6. The second kappa shape index (κ2) is 7.86. The lowest BCUT2D eigenvalue weighted by molar-refractivity contribution is -0.150. The lowest BCUT2D eigenvalue weighted by Gasteiger charge is -2.13. The molecule has 1 N–H and O–H groups in total. The molecule has 2 rings (SSSR count). The Morgan fingerprint density at radius 2 is 1.80 bits per heavy atom. The zero-order valence-corrected chi connectivity index (χ0v) is 15.4. The van der Waals surface area contributed by atoms with Gasteiger partial charge in [-0.1, -0.05) is 17.7 Å². The van der Waals surface area contributed by atoms with Crippen LogP contribution in [0.4, 0.5) is 0 Å². The monoisotopic (exact) mass is 369 g/mol. The summed E-state index contributed by atoms with van der Waals surface area (Å²) < 4.78 is 33.0. The van der Waals surface area contributed by atoms with Crippen LogP contribution in [0.1, 0.15) is 23.1 Å². The van der Waals surface area contributed by atoms with Gasteiger partial charge in [0.25, 0.3) is 5.91 Å². The van der Waals surface area contributed by atoms with Crippen molar-refractivity contribution in [2.45, 2.75) is 33.2 Å². The fourth-order valence-corrected chi connectivity index (χ4v) is 4.56. The fraction of sp³-hybridized carbons (Fsp3) is 0.529. The van der Waals surface area contributed by atoms with E-state index in [9.17, 15) is 18.0 Å². The summed E-state index contributed by atoms with van der Waals surface area (Å²) in [5, 5.41) is 2.55. The Kier molecular flexibility index (Phi) is 6.05. The van der Waals surface area contributed by atoms with E-state index in [1.54, 1.807) is 0 Å². The molecule has 1 saturated heterocycles. The Balaban J connectivity index is 1.75. The van der Waals surface area contributed by atoms with Crippen LogP contribution in [0, 0.1) is 20.8 Å². The lowest BCUT2D eigenvalue weighted by Crippen LogP contribution is -2.38. The van der Waals surface area contributed by atoms with Crippen molar-refractivity contribution in [3.05, 3.63) is 28.8 Å². The van der Waals surface area contributed by atoms with Crippen LogP contribution in [-0.4, -0.2) is 51.1 Å². The molecular weight excluding hydrogens is 346 g/mol. The highest BCUT2D eigenvalue weighted by molar-refractivity contribution is 7.91. The number of ether oxygens (including phenoxy) is 2. The van der Waals surface area contributed by atoms with Gasteiger partial charge in [-0.05, 0) is 38.3 Å². The molecule has 0 spiro atoms. The molecule has 1 heterocycles. The maximum Gasteiger partial charge on any atom is 0.344 e. The Morgan fingerprint density at radius 1 is 1.16 bits per heavy atom. The van der Waals surface area contributed by atoms with E-state index in [-0.39, 0.29) is 18.1 Å². The Morgan fingerprint density at radius 3 is 2.36 bits per heavy atom. The molecule has 8 heteroatoms. The SMILES string of the molecule is Cc1cc(C)c(OCC(=O)OCC(=O)N[C@H]2CCS(=O)(=O)C2)c(C)c1. The molecule has 1 atom stereocenters. The highest BCUT2D eigenvalue weighted by atomic mass is 32.2. The molecule has 1 aromatic carbocycles. The first-order valence-corrected chi connectivity index (χ1v) is 9.84. The molecule has 7 nitrogen and oxygen atoms in total. The van der Waals surface area contributed by atoms with E-state index < -0.39 is 34.4 Å². The summed E-state index contributed by atoms with van der Waals surface area (Å²) in [4.78, 5) is 23.4. The number of nitrogens with one attached hydrogen (secondary N) is 1. The fourth-order valence-electron chi connectivity index (χ4n) is 2.89. The Labute approximate surface area is 147 Å². The smallest absolute Gasteiger partial charge is 0.344 e. The molecule has 0 bridgehead atoms. The first-order chi connectivity index (χ1) is 11.7. The van der Waals surface area contributed by atoms with Crippen LogP contribution in [0.3, 0.4) is 0 Å². The van der Waals surface area contributed by atoms with E-state index >= 15 is 0 Å². The summed E-state index contributed by atoms with van der Waals surface area (Å²) in [5.41, 5.74) is 2.95. The minimum absolute atomic E-state index is 0.0677. The highest BCUT2D eigenvalue weighted by Crippen LogP contribution is 2.24. The quantitative estimate of drug-likeness (QED) is 0.746. The van der Waals surface area contributed by atoms with Gasteiger partial charge >= 0.3 is 5.97 Å². The average molecular weight is 369 g/mol. The molecule has 1 aliphatic rings. The van der Waals surface area contributed by atoms with Gasteiger partial charge in [0.15, 0.2) is 23.1 Å². The third kappa shape index (κ3) is 5.74. The van der Waals surface area contributed by atoms with Gasteiger partial charge in [-0.15, -0.1) is 0 Å². The Bertz CT molecular complexity index is 748. The summed E-state index contributed by atoms with van der Waals surface area (Å²) in [7, 11) is -3.07. The van der Waals surface area contributed by atoms with E-state index in [0.717, 1.165) is 16.7 Å². The molecule has 0 radical (unpaired) electrons. The number of hydrogen-bond donors (Lipinski definition) is 1. The molecule has 0 unspecified atom stereocenters. The minimum atomic E-state index is -3.07. The average Bonchev–Trinajstić information content (AvgIpc) is 2.82. The van der Waals surface area contributed by atoms with Crippen molar-refractivity contribution in [1.82, 2.24) is 5.32 Å². The third-order valence-electron chi connectivity index (χ3n) is 3.90. The predicted octanol–water partition coefficient (Wildman–Crippen LogP) is 0.837.